The average Bonchev–Trinajstić information content (AvgIpc) is 3.47. The Morgan fingerprint density at radius 3 is 2.35 bits per heavy atom. The van der Waals surface area contributed by atoms with Crippen molar-refractivity contribution in [3.05, 3.63) is 105 Å². The summed E-state index contributed by atoms with van der Waals surface area (Å²) >= 11 is 0. The summed E-state index contributed by atoms with van der Waals surface area (Å²) in [4.78, 5) is 20.5. The molecule has 3 aliphatic heterocycles. The van der Waals surface area contributed by atoms with Crippen LogP contribution in [0.1, 0.15) is 77.8 Å². The molecule has 1 fully saturated rings. The van der Waals surface area contributed by atoms with Crippen LogP contribution in [0.4, 0.5) is 11.4 Å². The maximum absolute atomic E-state index is 13.9. The lowest BCUT2D eigenvalue weighted by Gasteiger charge is -2.45. The van der Waals surface area contributed by atoms with Gasteiger partial charge in [0.25, 0.3) is 25.9 Å². The Kier molecular flexibility index (Phi) is 9.66. The van der Waals surface area contributed by atoms with E-state index in [0.717, 1.165) is 54.8 Å². The van der Waals surface area contributed by atoms with Gasteiger partial charge in [0.2, 0.25) is 0 Å². The number of aliphatic imine (C=N–C) groups is 1. The highest BCUT2D eigenvalue weighted by atomic mass is 32.2. The number of nitriles is 1. The number of ether oxygens (including phenoxy) is 1. The van der Waals surface area contributed by atoms with Crippen molar-refractivity contribution in [3.63, 3.8) is 0 Å². The quantitative estimate of drug-likeness (QED) is 0.0623. The van der Waals surface area contributed by atoms with E-state index in [1.54, 1.807) is 6.08 Å². The van der Waals surface area contributed by atoms with Gasteiger partial charge in [-0.05, 0) is 57.4 Å². The topological polar surface area (TPSA) is 196 Å². The van der Waals surface area contributed by atoms with Crippen LogP contribution in [-0.2, 0) is 40.6 Å². The maximum atomic E-state index is 13.9. The van der Waals surface area contributed by atoms with Crippen molar-refractivity contribution in [1.29, 1.82) is 5.26 Å². The molecule has 2 atom stereocenters. The van der Waals surface area contributed by atoms with Gasteiger partial charge in [-0.15, -0.1) is 0 Å². The number of nitrogens with zero attached hydrogens (tertiary/aromatic N) is 4. The van der Waals surface area contributed by atoms with Gasteiger partial charge in [-0.3, -0.25) is 14.1 Å². The zero-order chi connectivity index (χ0) is 39.6. The van der Waals surface area contributed by atoms with E-state index in [2.05, 4.69) is 9.84 Å². The molecule has 0 radical (unpaired) electrons. The third-order valence-electron chi connectivity index (χ3n) is 11.1. The summed E-state index contributed by atoms with van der Waals surface area (Å²) < 4.78 is 75.5. The second-order valence-corrected chi connectivity index (χ2v) is 17.7. The number of unbranched alkanes of at least 4 members (excludes halogenated alkanes) is 1. The van der Waals surface area contributed by atoms with Crippen molar-refractivity contribution < 1.29 is 40.6 Å². The summed E-state index contributed by atoms with van der Waals surface area (Å²) in [6, 6.07) is 10.9. The number of rotatable bonds is 8. The number of carbonyl (C=O) groups is 1. The normalized spacial score (nSPS) is 25.1. The summed E-state index contributed by atoms with van der Waals surface area (Å²) in [5, 5.41) is 22.0. The number of hydrogen-bond donors (Lipinski definition) is 3. The number of allylic oxidation sites excluding steroid dienone is 6. The number of benzene rings is 2. The number of aliphatic hydroxyl groups excluding tert-OH is 1. The van der Waals surface area contributed by atoms with Gasteiger partial charge >= 0.3 is 5.97 Å². The van der Waals surface area contributed by atoms with Crippen molar-refractivity contribution in [2.45, 2.75) is 93.4 Å². The first-order valence-corrected chi connectivity index (χ1v) is 20.4. The molecule has 15 heteroatoms. The highest BCUT2D eigenvalue weighted by Crippen LogP contribution is 2.58. The smallest absolute Gasteiger partial charge is 0.365 e. The van der Waals surface area contributed by atoms with Crippen LogP contribution in [-0.4, -0.2) is 61.9 Å². The van der Waals surface area contributed by atoms with Crippen molar-refractivity contribution in [2.75, 3.05) is 13.2 Å². The minimum atomic E-state index is -4.91. The number of carbonyl (C=O) groups excluding carboxylic acids is 1. The van der Waals surface area contributed by atoms with Gasteiger partial charge in [0.05, 0.1) is 42.6 Å². The fourth-order valence-corrected chi connectivity index (χ4v) is 9.96. The molecule has 282 valence electrons. The first-order valence-electron chi connectivity index (χ1n) is 17.5. The molecule has 1 saturated heterocycles. The van der Waals surface area contributed by atoms with E-state index in [-0.39, 0.29) is 49.9 Å². The molecule has 0 saturated carbocycles. The van der Waals surface area contributed by atoms with E-state index >= 15 is 0 Å². The number of quaternary nitrogens is 1. The molecule has 0 bridgehead atoms. The lowest BCUT2D eigenvalue weighted by atomic mass is 9.75. The molecule has 0 amide bonds. The molecule has 1 spiro atoms. The minimum absolute atomic E-state index is 0.0184. The number of aliphatic hydroxyl groups is 1. The Bertz CT molecular complexity index is 2460. The van der Waals surface area contributed by atoms with Crippen LogP contribution >= 0.6 is 0 Å². The van der Waals surface area contributed by atoms with Crippen LogP contribution in [0.3, 0.4) is 0 Å². The SMILES string of the molecule is [C-]#[N+]/C(C#N)=C1/C(=CC2=Nc3c(S(=O)(=O)O)ccc(S(=O)(=O)O)c3C2(C)C)C(O)=C1C=C1C(C)(C)c2ccccc2[N+]12CCCCC2C(=O)OCCCC. The zero-order valence-electron chi connectivity index (χ0n) is 30.5. The standard InChI is InChI=1S/C39H40N4O9S2/c1-7-8-19-52-37(45)28-15-11-12-18-43(28)27-14-10-9-13-25(27)38(2,3)32(43)21-24-33(26(22-40)41-6)23(36(24)44)20-31-39(4,5)34-29(53(46,47)48)16-17-30(35(34)42-31)54(49,50)51/h9-10,13-14,16-17,20-21,28H,7-8,11-12,15,18-19H2,1-5H3,(H2-,44,46,47,48,49,50,51)/p+1/b23-20?,32-21?,33-26-. The number of fused-ring (bicyclic) bond motifs is 3. The van der Waals surface area contributed by atoms with Crippen molar-refractivity contribution in [3.8, 4) is 6.07 Å². The van der Waals surface area contributed by atoms with Crippen LogP contribution in [0.2, 0.25) is 0 Å². The van der Waals surface area contributed by atoms with Gasteiger partial charge in [0, 0.05) is 45.8 Å². The van der Waals surface area contributed by atoms with E-state index in [9.17, 15) is 41.1 Å². The van der Waals surface area contributed by atoms with E-state index in [1.165, 1.54) is 19.9 Å². The van der Waals surface area contributed by atoms with Gasteiger partial charge < -0.3 is 9.84 Å². The molecule has 1 aliphatic carbocycles. The van der Waals surface area contributed by atoms with Crippen LogP contribution in [0.5, 0.6) is 0 Å². The molecule has 3 heterocycles. The van der Waals surface area contributed by atoms with Crippen LogP contribution in [0.15, 0.2) is 97.2 Å². The number of piperidine rings is 1. The molecule has 6 rings (SSSR count). The molecule has 13 nitrogen and oxygen atoms in total. The van der Waals surface area contributed by atoms with Crippen LogP contribution in [0.25, 0.3) is 4.85 Å². The minimum Gasteiger partial charge on any atom is -0.507 e. The zero-order valence-corrected chi connectivity index (χ0v) is 32.2. The Morgan fingerprint density at radius 2 is 1.72 bits per heavy atom. The molecule has 2 aromatic rings. The van der Waals surface area contributed by atoms with Gasteiger partial charge in [-0.1, -0.05) is 45.4 Å². The lowest BCUT2D eigenvalue weighted by molar-refractivity contribution is -0.150. The molecule has 54 heavy (non-hydrogen) atoms. The molecule has 2 unspecified atom stereocenters. The second kappa shape index (κ2) is 13.4. The first kappa shape index (κ1) is 38.8. The van der Waals surface area contributed by atoms with Gasteiger partial charge in [-0.25, -0.2) is 19.4 Å². The van der Waals surface area contributed by atoms with Gasteiger partial charge in [0.1, 0.15) is 26.9 Å². The average molecular weight is 774 g/mol. The predicted molar refractivity (Wildman–Crippen MR) is 201 cm³/mol. The predicted octanol–water partition coefficient (Wildman–Crippen LogP) is 7.07. The van der Waals surface area contributed by atoms with Crippen molar-refractivity contribution in [2.24, 2.45) is 4.99 Å². The van der Waals surface area contributed by atoms with Gasteiger partial charge in [-0.2, -0.15) is 16.8 Å². The van der Waals surface area contributed by atoms with E-state index in [4.69, 9.17) is 11.3 Å². The maximum Gasteiger partial charge on any atom is 0.365 e. The summed E-state index contributed by atoms with van der Waals surface area (Å²) in [6.07, 6.45) is 6.85. The fourth-order valence-electron chi connectivity index (χ4n) is 8.48. The Labute approximate surface area is 315 Å². The number of para-hydroxylation sites is 1. The molecule has 4 aliphatic rings. The van der Waals surface area contributed by atoms with E-state index < -0.39 is 52.6 Å². The Hall–Kier alpha value is -4.90. The van der Waals surface area contributed by atoms with Crippen molar-refractivity contribution >= 4 is 43.3 Å². The van der Waals surface area contributed by atoms with E-state index in [0.29, 0.717) is 19.6 Å². The molecule has 0 aromatic heterocycles. The largest absolute Gasteiger partial charge is 0.507 e. The molecular formula is C39H41N4O9S2+. The van der Waals surface area contributed by atoms with Crippen LogP contribution < -0.4 is 4.48 Å². The first-order chi connectivity index (χ1) is 25.3. The Morgan fingerprint density at radius 1 is 1.06 bits per heavy atom. The lowest BCUT2D eigenvalue weighted by Crippen LogP contribution is -2.62. The third-order valence-corrected chi connectivity index (χ3v) is 12.9. The number of esters is 1. The fraction of sp³-hybridized carbons (Fsp3) is 0.385. The third kappa shape index (κ3) is 5.91. The molecule has 2 aromatic carbocycles. The summed E-state index contributed by atoms with van der Waals surface area (Å²) in [6.45, 7) is 17.8. The number of hydrogen-bond acceptors (Lipinski definition) is 9. The van der Waals surface area contributed by atoms with Crippen LogP contribution in [0, 0.1) is 17.9 Å². The highest BCUT2D eigenvalue weighted by molar-refractivity contribution is 7.86. The Balaban J connectivity index is 1.58. The van der Waals surface area contributed by atoms with Gasteiger partial charge in [0.15, 0.2) is 6.04 Å². The van der Waals surface area contributed by atoms with E-state index in [1.807, 2.05) is 51.1 Å². The summed E-state index contributed by atoms with van der Waals surface area (Å²) in [5.74, 6) is -0.629. The summed E-state index contributed by atoms with van der Waals surface area (Å²) in [5.41, 5.74) is -0.0946. The molecule has 3 N–H and O–H groups in total. The second-order valence-electron chi connectivity index (χ2n) is 14.9. The summed E-state index contributed by atoms with van der Waals surface area (Å²) in [7, 11) is -9.81. The highest BCUT2D eigenvalue weighted by Gasteiger charge is 2.61. The monoisotopic (exact) mass is 773 g/mol. The van der Waals surface area contributed by atoms with Crippen molar-refractivity contribution in [1.82, 2.24) is 4.48 Å². The molecular weight excluding hydrogens is 733 g/mol.